The number of carbonyl (C=O) groups is 1. The van der Waals surface area contributed by atoms with Gasteiger partial charge in [-0.25, -0.2) is 0 Å². The minimum atomic E-state index is -0.514. The van der Waals surface area contributed by atoms with Gasteiger partial charge in [0.2, 0.25) is 5.91 Å². The van der Waals surface area contributed by atoms with Crippen molar-refractivity contribution in [3.63, 3.8) is 0 Å². The van der Waals surface area contributed by atoms with Crippen LogP contribution >= 0.6 is 0 Å². The van der Waals surface area contributed by atoms with Gasteiger partial charge in [-0.15, -0.1) is 0 Å². The van der Waals surface area contributed by atoms with Crippen molar-refractivity contribution in [3.05, 3.63) is 23.8 Å². The number of rotatable bonds is 4. The van der Waals surface area contributed by atoms with E-state index in [2.05, 4.69) is 5.32 Å². The van der Waals surface area contributed by atoms with Gasteiger partial charge >= 0.3 is 0 Å². The third-order valence-corrected chi connectivity index (χ3v) is 2.63. The zero-order valence-corrected chi connectivity index (χ0v) is 10.8. The topological polar surface area (TPSA) is 64.3 Å². The number of amides is 1. The molecule has 0 aromatic heterocycles. The van der Waals surface area contributed by atoms with Gasteiger partial charge in [-0.05, 0) is 30.5 Å². The Balaban J connectivity index is 2.87. The van der Waals surface area contributed by atoms with Crippen LogP contribution in [0.2, 0.25) is 0 Å². The van der Waals surface area contributed by atoms with Gasteiger partial charge < -0.3 is 15.8 Å². The lowest BCUT2D eigenvalue weighted by Gasteiger charge is -2.17. The van der Waals surface area contributed by atoms with Crippen molar-refractivity contribution in [1.82, 2.24) is 0 Å². The van der Waals surface area contributed by atoms with Crippen LogP contribution in [-0.4, -0.2) is 19.1 Å². The number of nitrogens with one attached hydrogen (secondary N) is 1. The summed E-state index contributed by atoms with van der Waals surface area (Å²) < 4.78 is 5.19. The highest BCUT2D eigenvalue weighted by molar-refractivity contribution is 5.96. The maximum Gasteiger partial charge on any atom is 0.241 e. The minimum absolute atomic E-state index is 0.103. The zero-order valence-electron chi connectivity index (χ0n) is 10.8. The highest BCUT2D eigenvalue weighted by Gasteiger charge is 2.18. The lowest BCUT2D eigenvalue weighted by atomic mass is 10.0. The molecule has 0 saturated carbocycles. The normalized spacial score (nSPS) is 12.4. The Morgan fingerprint density at radius 1 is 1.41 bits per heavy atom. The molecule has 0 aliphatic rings. The van der Waals surface area contributed by atoms with Gasteiger partial charge in [0.25, 0.3) is 0 Å². The summed E-state index contributed by atoms with van der Waals surface area (Å²) in [5.74, 6) is 0.551. The molecule has 0 heterocycles. The average molecular weight is 236 g/mol. The third-order valence-electron chi connectivity index (χ3n) is 2.63. The van der Waals surface area contributed by atoms with E-state index in [1.165, 1.54) is 0 Å². The first kappa shape index (κ1) is 13.5. The van der Waals surface area contributed by atoms with Crippen LogP contribution in [0.1, 0.15) is 19.4 Å². The average Bonchev–Trinajstić information content (AvgIpc) is 2.28. The maximum atomic E-state index is 11.8. The Kier molecular flexibility index (Phi) is 4.52. The van der Waals surface area contributed by atoms with E-state index in [1.54, 1.807) is 7.11 Å². The largest absolute Gasteiger partial charge is 0.495 e. The molecule has 17 heavy (non-hydrogen) atoms. The van der Waals surface area contributed by atoms with E-state index in [9.17, 15) is 4.79 Å². The van der Waals surface area contributed by atoms with Crippen molar-refractivity contribution in [2.75, 3.05) is 12.4 Å². The summed E-state index contributed by atoms with van der Waals surface area (Å²) in [6.07, 6.45) is 0. The summed E-state index contributed by atoms with van der Waals surface area (Å²) in [4.78, 5) is 11.8. The van der Waals surface area contributed by atoms with Crippen molar-refractivity contribution in [3.8, 4) is 5.75 Å². The van der Waals surface area contributed by atoms with Crippen LogP contribution < -0.4 is 15.8 Å². The number of nitrogens with two attached hydrogens (primary N) is 1. The Hall–Kier alpha value is -1.55. The molecule has 0 bridgehead atoms. The van der Waals surface area contributed by atoms with Crippen molar-refractivity contribution in [1.29, 1.82) is 0 Å². The predicted molar refractivity (Wildman–Crippen MR) is 69.2 cm³/mol. The summed E-state index contributed by atoms with van der Waals surface area (Å²) in [7, 11) is 1.57. The van der Waals surface area contributed by atoms with E-state index in [0.29, 0.717) is 11.4 Å². The molecule has 4 heteroatoms. The van der Waals surface area contributed by atoms with Crippen LogP contribution in [0.25, 0.3) is 0 Å². The standard InChI is InChI=1S/C13H20N2O2/c1-8(2)12(14)13(16)15-10-7-9(3)5-6-11(10)17-4/h5-8,12H,14H2,1-4H3,(H,15,16)/t12-/m1/s1. The molecular formula is C13H20N2O2. The van der Waals surface area contributed by atoms with Crippen molar-refractivity contribution in [2.24, 2.45) is 11.7 Å². The second kappa shape index (κ2) is 5.68. The highest BCUT2D eigenvalue weighted by atomic mass is 16.5. The molecule has 1 amide bonds. The molecular weight excluding hydrogens is 216 g/mol. The first-order valence-electron chi connectivity index (χ1n) is 5.66. The lowest BCUT2D eigenvalue weighted by Crippen LogP contribution is -2.39. The van der Waals surface area contributed by atoms with Gasteiger partial charge in [0.15, 0.2) is 0 Å². The minimum Gasteiger partial charge on any atom is -0.495 e. The number of aryl methyl sites for hydroxylation is 1. The van der Waals surface area contributed by atoms with Crippen molar-refractivity contribution < 1.29 is 9.53 Å². The van der Waals surface area contributed by atoms with Crippen LogP contribution in [0.15, 0.2) is 18.2 Å². The Labute approximate surface area is 102 Å². The number of hydrogen-bond acceptors (Lipinski definition) is 3. The SMILES string of the molecule is COc1ccc(C)cc1NC(=O)[C@H](N)C(C)C. The molecule has 0 aliphatic carbocycles. The van der Waals surface area contributed by atoms with E-state index in [1.807, 2.05) is 39.0 Å². The van der Waals surface area contributed by atoms with Gasteiger partial charge in [-0.3, -0.25) is 4.79 Å². The maximum absolute atomic E-state index is 11.8. The fourth-order valence-electron chi connectivity index (χ4n) is 1.44. The third kappa shape index (κ3) is 3.46. The molecule has 3 N–H and O–H groups in total. The van der Waals surface area contributed by atoms with E-state index < -0.39 is 6.04 Å². The van der Waals surface area contributed by atoms with E-state index in [0.717, 1.165) is 5.56 Å². The molecule has 1 aromatic rings. The molecule has 0 radical (unpaired) electrons. The number of carbonyl (C=O) groups excluding carboxylic acids is 1. The smallest absolute Gasteiger partial charge is 0.241 e. The summed E-state index contributed by atoms with van der Waals surface area (Å²) in [5.41, 5.74) is 7.50. The van der Waals surface area contributed by atoms with Crippen molar-refractivity contribution in [2.45, 2.75) is 26.8 Å². The van der Waals surface area contributed by atoms with Gasteiger partial charge in [0, 0.05) is 0 Å². The number of anilines is 1. The van der Waals surface area contributed by atoms with E-state index >= 15 is 0 Å². The van der Waals surface area contributed by atoms with Gasteiger partial charge in [0.1, 0.15) is 5.75 Å². The molecule has 1 rings (SSSR count). The zero-order chi connectivity index (χ0) is 13.0. The molecule has 0 saturated heterocycles. The van der Waals surface area contributed by atoms with Crippen LogP contribution in [-0.2, 0) is 4.79 Å². The quantitative estimate of drug-likeness (QED) is 0.839. The molecule has 1 aromatic carbocycles. The molecule has 94 valence electrons. The van der Waals surface area contributed by atoms with Crippen LogP contribution in [0.3, 0.4) is 0 Å². The van der Waals surface area contributed by atoms with E-state index in [4.69, 9.17) is 10.5 Å². The van der Waals surface area contributed by atoms with Gasteiger partial charge in [-0.1, -0.05) is 19.9 Å². The first-order chi connectivity index (χ1) is 7.95. The number of methoxy groups -OCH3 is 1. The molecule has 0 unspecified atom stereocenters. The van der Waals surface area contributed by atoms with E-state index in [-0.39, 0.29) is 11.8 Å². The van der Waals surface area contributed by atoms with Gasteiger partial charge in [-0.2, -0.15) is 0 Å². The summed E-state index contributed by atoms with van der Waals surface area (Å²) >= 11 is 0. The van der Waals surface area contributed by atoms with Crippen LogP contribution in [0.5, 0.6) is 5.75 Å². The molecule has 0 aliphatic heterocycles. The fraction of sp³-hybridized carbons (Fsp3) is 0.462. The summed E-state index contributed by atoms with van der Waals surface area (Å²) in [6.45, 7) is 5.78. The second-order valence-electron chi connectivity index (χ2n) is 4.46. The fourth-order valence-corrected chi connectivity index (χ4v) is 1.44. The first-order valence-corrected chi connectivity index (χ1v) is 5.66. The summed E-state index contributed by atoms with van der Waals surface area (Å²) in [6, 6.07) is 5.10. The highest BCUT2D eigenvalue weighted by Crippen LogP contribution is 2.25. The Morgan fingerprint density at radius 2 is 2.06 bits per heavy atom. The monoisotopic (exact) mass is 236 g/mol. The molecule has 0 fully saturated rings. The van der Waals surface area contributed by atoms with Crippen LogP contribution in [0, 0.1) is 12.8 Å². The molecule has 1 atom stereocenters. The number of ether oxygens (including phenoxy) is 1. The Bertz CT molecular complexity index is 402. The summed E-state index contributed by atoms with van der Waals surface area (Å²) in [5, 5.41) is 2.79. The Morgan fingerprint density at radius 3 is 2.59 bits per heavy atom. The number of benzene rings is 1. The number of hydrogen-bond donors (Lipinski definition) is 2. The second-order valence-corrected chi connectivity index (χ2v) is 4.46. The van der Waals surface area contributed by atoms with Crippen LogP contribution in [0.4, 0.5) is 5.69 Å². The predicted octanol–water partition coefficient (Wildman–Crippen LogP) is 1.93. The molecule has 0 spiro atoms. The molecule has 4 nitrogen and oxygen atoms in total. The van der Waals surface area contributed by atoms with Gasteiger partial charge in [0.05, 0.1) is 18.8 Å². The van der Waals surface area contributed by atoms with Crippen molar-refractivity contribution >= 4 is 11.6 Å². The lowest BCUT2D eigenvalue weighted by molar-refractivity contribution is -0.118.